The normalized spacial score (nSPS) is 25.7. The molecule has 1 unspecified atom stereocenters. The Morgan fingerprint density at radius 2 is 2.38 bits per heavy atom. The average Bonchev–Trinajstić information content (AvgIpc) is 2.47. The summed E-state index contributed by atoms with van der Waals surface area (Å²) in [7, 11) is 0. The molecule has 0 aromatic carbocycles. The predicted molar refractivity (Wildman–Crippen MR) is 54.3 cm³/mol. The predicted octanol–water partition coefficient (Wildman–Crippen LogP) is 0.957. The Kier molecular flexibility index (Phi) is 1.83. The van der Waals surface area contributed by atoms with Crippen molar-refractivity contribution in [2.24, 2.45) is 5.41 Å². The molecule has 1 aliphatic carbocycles. The van der Waals surface area contributed by atoms with Gasteiger partial charge >= 0.3 is 0 Å². The van der Waals surface area contributed by atoms with Crippen molar-refractivity contribution in [1.29, 1.82) is 0 Å². The monoisotopic (exact) mass is 174 g/mol. The van der Waals surface area contributed by atoms with Crippen molar-refractivity contribution in [2.75, 3.05) is 0 Å². The van der Waals surface area contributed by atoms with E-state index >= 15 is 0 Å². The zero-order valence-electron chi connectivity index (χ0n) is 8.04. The van der Waals surface area contributed by atoms with Gasteiger partial charge in [0.15, 0.2) is 0 Å². The van der Waals surface area contributed by atoms with Crippen LogP contribution in [0.5, 0.6) is 0 Å². The van der Waals surface area contributed by atoms with Gasteiger partial charge < -0.3 is 4.98 Å². The molecule has 13 heavy (non-hydrogen) atoms. The molecule has 0 spiro atoms. The summed E-state index contributed by atoms with van der Waals surface area (Å²) in [6.45, 7) is 4.42. The highest BCUT2D eigenvalue weighted by atomic mass is 14.9. The second-order valence-corrected chi connectivity index (χ2v) is 3.73. The van der Waals surface area contributed by atoms with Crippen LogP contribution >= 0.6 is 0 Å². The summed E-state index contributed by atoms with van der Waals surface area (Å²) in [5.74, 6) is 0. The van der Waals surface area contributed by atoms with Gasteiger partial charge in [-0.05, 0) is 18.6 Å². The summed E-state index contributed by atoms with van der Waals surface area (Å²) in [5.41, 5.74) is 0.150. The molecule has 68 valence electrons. The van der Waals surface area contributed by atoms with Crippen LogP contribution in [0.25, 0.3) is 12.2 Å². The molecule has 1 aliphatic rings. The zero-order chi connectivity index (χ0) is 9.31. The molecule has 0 amide bonds. The maximum absolute atomic E-state index is 4.28. The third kappa shape index (κ3) is 1.44. The summed E-state index contributed by atoms with van der Waals surface area (Å²) in [5, 5.41) is 2.17. The maximum atomic E-state index is 4.28. The van der Waals surface area contributed by atoms with Crippen molar-refractivity contribution in [3.05, 3.63) is 29.2 Å². The molecule has 0 saturated heterocycles. The molecule has 0 saturated carbocycles. The largest absolute Gasteiger partial charge is 0.345 e. The second-order valence-electron chi connectivity index (χ2n) is 3.73. The minimum atomic E-state index is 0.150. The van der Waals surface area contributed by atoms with Crippen LogP contribution in [-0.2, 0) is 0 Å². The van der Waals surface area contributed by atoms with Crippen LogP contribution in [0, 0.1) is 5.41 Å². The van der Waals surface area contributed by atoms with Crippen molar-refractivity contribution in [3.63, 3.8) is 0 Å². The number of hydrogen-bond acceptors (Lipinski definition) is 1. The molecule has 2 nitrogen and oxygen atoms in total. The molecule has 0 aliphatic heterocycles. The van der Waals surface area contributed by atoms with Gasteiger partial charge in [0.25, 0.3) is 0 Å². The van der Waals surface area contributed by atoms with Crippen LogP contribution in [0.3, 0.4) is 0 Å². The van der Waals surface area contributed by atoms with Gasteiger partial charge in [-0.15, -0.1) is 0 Å². The van der Waals surface area contributed by atoms with Crippen molar-refractivity contribution in [1.82, 2.24) is 9.97 Å². The third-order valence-electron chi connectivity index (χ3n) is 2.67. The van der Waals surface area contributed by atoms with E-state index < -0.39 is 0 Å². The molecule has 0 fully saturated rings. The first-order valence-corrected chi connectivity index (χ1v) is 4.65. The van der Waals surface area contributed by atoms with Gasteiger partial charge in [-0.3, -0.25) is 0 Å². The number of allylic oxidation sites excluding steroid dienone is 2. The van der Waals surface area contributed by atoms with E-state index in [-0.39, 0.29) is 5.41 Å². The second kappa shape index (κ2) is 2.87. The first-order valence-electron chi connectivity index (χ1n) is 4.65. The highest BCUT2D eigenvalue weighted by Gasteiger charge is 2.15. The van der Waals surface area contributed by atoms with Crippen LogP contribution in [-0.4, -0.2) is 9.97 Å². The molecular formula is C11H14N2. The highest BCUT2D eigenvalue weighted by molar-refractivity contribution is 5.45. The van der Waals surface area contributed by atoms with Crippen LogP contribution in [0.1, 0.15) is 20.3 Å². The standard InChI is InChI=1S/C11H14N2/c1-3-11(2)6-4-5-9-10(7-11)13-8-12-9/h4-8H,3H2,1-2H3,(H,12,13). The lowest BCUT2D eigenvalue weighted by molar-refractivity contribution is 0.566. The summed E-state index contributed by atoms with van der Waals surface area (Å²) in [4.78, 5) is 7.39. The highest BCUT2D eigenvalue weighted by Crippen LogP contribution is 2.24. The number of H-pyrrole nitrogens is 1. The van der Waals surface area contributed by atoms with Gasteiger partial charge in [-0.25, -0.2) is 4.98 Å². The molecule has 0 radical (unpaired) electrons. The van der Waals surface area contributed by atoms with E-state index in [1.54, 1.807) is 6.33 Å². The van der Waals surface area contributed by atoms with Gasteiger partial charge in [0.2, 0.25) is 0 Å². The molecule has 1 heterocycles. The van der Waals surface area contributed by atoms with Crippen LogP contribution in [0.15, 0.2) is 18.5 Å². The minimum absolute atomic E-state index is 0.150. The van der Waals surface area contributed by atoms with E-state index in [4.69, 9.17) is 0 Å². The van der Waals surface area contributed by atoms with Crippen LogP contribution < -0.4 is 10.7 Å². The van der Waals surface area contributed by atoms with E-state index in [2.05, 4.69) is 48.1 Å². The van der Waals surface area contributed by atoms with E-state index in [1.807, 2.05) is 0 Å². The fourth-order valence-electron chi connectivity index (χ4n) is 1.51. The van der Waals surface area contributed by atoms with Crippen molar-refractivity contribution < 1.29 is 0 Å². The number of imidazole rings is 1. The Balaban J connectivity index is 2.66. The van der Waals surface area contributed by atoms with Gasteiger partial charge in [-0.1, -0.05) is 26.0 Å². The number of nitrogens with zero attached hydrogens (tertiary/aromatic N) is 1. The summed E-state index contributed by atoms with van der Waals surface area (Å²) in [6.07, 6.45) is 11.5. The van der Waals surface area contributed by atoms with Crippen molar-refractivity contribution in [3.8, 4) is 0 Å². The fourth-order valence-corrected chi connectivity index (χ4v) is 1.51. The van der Waals surface area contributed by atoms with Crippen LogP contribution in [0.4, 0.5) is 0 Å². The Hall–Kier alpha value is -1.31. The van der Waals surface area contributed by atoms with Crippen molar-refractivity contribution in [2.45, 2.75) is 20.3 Å². The van der Waals surface area contributed by atoms with E-state index in [9.17, 15) is 0 Å². The van der Waals surface area contributed by atoms with E-state index in [0.717, 1.165) is 17.1 Å². The quantitative estimate of drug-likeness (QED) is 0.675. The number of aromatic nitrogens is 2. The molecule has 1 aromatic rings. The Bertz CT molecular complexity index is 439. The lowest BCUT2D eigenvalue weighted by Gasteiger charge is -2.17. The van der Waals surface area contributed by atoms with Crippen molar-refractivity contribution >= 4 is 12.2 Å². The Labute approximate surface area is 77.7 Å². The Morgan fingerprint density at radius 1 is 1.54 bits per heavy atom. The lowest BCUT2D eigenvalue weighted by Crippen LogP contribution is -2.26. The first-order chi connectivity index (χ1) is 6.23. The van der Waals surface area contributed by atoms with Gasteiger partial charge in [-0.2, -0.15) is 0 Å². The van der Waals surface area contributed by atoms with E-state index in [1.165, 1.54) is 0 Å². The SMILES string of the molecule is CCC1(C)C=CC=c2[nH]cnc2=C1. The first kappa shape index (κ1) is 8.30. The molecule has 2 heteroatoms. The minimum Gasteiger partial charge on any atom is -0.345 e. The maximum Gasteiger partial charge on any atom is 0.0931 e. The number of rotatable bonds is 1. The Morgan fingerprint density at radius 3 is 3.15 bits per heavy atom. The van der Waals surface area contributed by atoms with E-state index in [0.29, 0.717) is 0 Å². The molecule has 0 bridgehead atoms. The molecule has 2 rings (SSSR count). The fraction of sp³-hybridized carbons (Fsp3) is 0.364. The summed E-state index contributed by atoms with van der Waals surface area (Å²) in [6, 6.07) is 0. The smallest absolute Gasteiger partial charge is 0.0931 e. The lowest BCUT2D eigenvalue weighted by atomic mass is 9.87. The third-order valence-corrected chi connectivity index (χ3v) is 2.67. The van der Waals surface area contributed by atoms with Gasteiger partial charge in [0.05, 0.1) is 17.0 Å². The van der Waals surface area contributed by atoms with Gasteiger partial charge in [0.1, 0.15) is 0 Å². The number of fused-ring (bicyclic) bond motifs is 1. The molecule has 1 N–H and O–H groups in total. The summed E-state index contributed by atoms with van der Waals surface area (Å²) < 4.78 is 0. The molecule has 1 atom stereocenters. The van der Waals surface area contributed by atoms with Gasteiger partial charge in [0, 0.05) is 5.41 Å². The molecule has 1 aromatic heterocycles. The topological polar surface area (TPSA) is 28.7 Å². The number of nitrogens with one attached hydrogen (secondary N) is 1. The molecular weight excluding hydrogens is 160 g/mol. The summed E-state index contributed by atoms with van der Waals surface area (Å²) >= 11 is 0. The number of aromatic amines is 1. The van der Waals surface area contributed by atoms with Crippen LogP contribution in [0.2, 0.25) is 0 Å². The number of hydrogen-bond donors (Lipinski definition) is 1. The zero-order valence-corrected chi connectivity index (χ0v) is 8.04. The average molecular weight is 174 g/mol.